The Hall–Kier alpha value is -3.35. The summed E-state index contributed by atoms with van der Waals surface area (Å²) in [4.78, 5) is 20.6. The van der Waals surface area contributed by atoms with Crippen LogP contribution in [-0.2, 0) is 0 Å². The largest absolute Gasteiger partial charge is 0.368 e. The van der Waals surface area contributed by atoms with Gasteiger partial charge >= 0.3 is 6.03 Å². The van der Waals surface area contributed by atoms with E-state index in [-0.39, 0.29) is 6.03 Å². The number of rotatable bonds is 4. The topological polar surface area (TPSA) is 74.5 Å². The van der Waals surface area contributed by atoms with Crippen molar-refractivity contribution in [3.05, 3.63) is 54.1 Å². The van der Waals surface area contributed by atoms with Crippen LogP contribution in [0.25, 0.3) is 22.8 Å². The van der Waals surface area contributed by atoms with E-state index in [4.69, 9.17) is 4.52 Å². The number of nitrogens with one attached hydrogen (secondary N) is 1. The van der Waals surface area contributed by atoms with Gasteiger partial charge in [-0.3, -0.25) is 0 Å². The second-order valence-electron chi connectivity index (χ2n) is 7.15. The molecule has 7 heteroatoms. The quantitative estimate of drug-likeness (QED) is 0.736. The average molecular weight is 391 g/mol. The highest BCUT2D eigenvalue weighted by molar-refractivity contribution is 5.74. The molecule has 2 amide bonds. The van der Waals surface area contributed by atoms with Gasteiger partial charge < -0.3 is 19.6 Å². The second-order valence-corrected chi connectivity index (χ2v) is 7.15. The maximum absolute atomic E-state index is 11.9. The van der Waals surface area contributed by atoms with E-state index in [2.05, 4.69) is 32.5 Å². The van der Waals surface area contributed by atoms with E-state index in [9.17, 15) is 4.79 Å². The second kappa shape index (κ2) is 8.34. The van der Waals surface area contributed by atoms with E-state index in [1.807, 2.05) is 55.1 Å². The number of urea groups is 1. The number of aromatic nitrogens is 2. The number of aryl methyl sites for hydroxylation is 1. The van der Waals surface area contributed by atoms with Crippen molar-refractivity contribution in [1.82, 2.24) is 20.4 Å². The van der Waals surface area contributed by atoms with E-state index in [1.54, 1.807) is 0 Å². The molecule has 29 heavy (non-hydrogen) atoms. The maximum atomic E-state index is 11.9. The summed E-state index contributed by atoms with van der Waals surface area (Å²) in [5.74, 6) is 1.10. The predicted octanol–water partition coefficient (Wildman–Crippen LogP) is 3.56. The Morgan fingerprint density at radius 1 is 1.00 bits per heavy atom. The van der Waals surface area contributed by atoms with Crippen LogP contribution in [0, 0.1) is 6.92 Å². The van der Waals surface area contributed by atoms with Crippen molar-refractivity contribution in [2.45, 2.75) is 13.8 Å². The Morgan fingerprint density at radius 3 is 2.31 bits per heavy atom. The van der Waals surface area contributed by atoms with Crippen molar-refractivity contribution >= 4 is 11.7 Å². The van der Waals surface area contributed by atoms with Crippen LogP contribution in [0.3, 0.4) is 0 Å². The van der Waals surface area contributed by atoms with Crippen molar-refractivity contribution in [3.63, 3.8) is 0 Å². The van der Waals surface area contributed by atoms with Gasteiger partial charge in [-0.15, -0.1) is 0 Å². The summed E-state index contributed by atoms with van der Waals surface area (Å²) in [6.07, 6.45) is 0. The Balaban J connectivity index is 1.41. The van der Waals surface area contributed by atoms with Crippen LogP contribution < -0.4 is 10.2 Å². The van der Waals surface area contributed by atoms with Gasteiger partial charge in [0, 0.05) is 49.5 Å². The molecule has 1 aromatic heterocycles. The van der Waals surface area contributed by atoms with Gasteiger partial charge in [0.1, 0.15) is 0 Å². The summed E-state index contributed by atoms with van der Waals surface area (Å²) in [7, 11) is 0. The van der Waals surface area contributed by atoms with Crippen LogP contribution in [-0.4, -0.2) is 53.8 Å². The zero-order chi connectivity index (χ0) is 20.2. The smallest absolute Gasteiger partial charge is 0.317 e. The highest BCUT2D eigenvalue weighted by Crippen LogP contribution is 2.25. The molecule has 7 nitrogen and oxygen atoms in total. The highest BCUT2D eigenvalue weighted by atomic mass is 16.5. The molecule has 1 aliphatic rings. The van der Waals surface area contributed by atoms with Gasteiger partial charge in [0.2, 0.25) is 5.82 Å². The molecule has 1 N–H and O–H groups in total. The average Bonchev–Trinajstić information content (AvgIpc) is 3.25. The van der Waals surface area contributed by atoms with E-state index in [1.165, 1.54) is 5.56 Å². The number of anilines is 1. The third-order valence-electron chi connectivity index (χ3n) is 5.11. The van der Waals surface area contributed by atoms with Crippen LogP contribution in [0.5, 0.6) is 0 Å². The molecule has 150 valence electrons. The van der Waals surface area contributed by atoms with Crippen LogP contribution in [0.1, 0.15) is 12.5 Å². The number of benzene rings is 2. The summed E-state index contributed by atoms with van der Waals surface area (Å²) in [6, 6.07) is 16.2. The monoisotopic (exact) mass is 391 g/mol. The molecule has 0 aliphatic carbocycles. The molecule has 0 atom stereocenters. The molecule has 1 aliphatic heterocycles. The molecule has 0 saturated carbocycles. The van der Waals surface area contributed by atoms with Gasteiger partial charge in [-0.2, -0.15) is 4.98 Å². The Bertz CT molecular complexity index is 958. The standard InChI is InChI=1S/C22H25N5O2/c1-3-23-22(28)27-14-12-26(13-15-27)19-10-8-17(9-11-19)20-24-21(29-25-20)18-6-4-16(2)5-7-18/h4-11H,3,12-15H2,1-2H3,(H,23,28). The molecule has 4 rings (SSSR count). The van der Waals surface area contributed by atoms with E-state index >= 15 is 0 Å². The third-order valence-corrected chi connectivity index (χ3v) is 5.11. The van der Waals surface area contributed by atoms with E-state index in [0.29, 0.717) is 18.3 Å². The highest BCUT2D eigenvalue weighted by Gasteiger charge is 2.21. The van der Waals surface area contributed by atoms with Gasteiger partial charge in [0.25, 0.3) is 5.89 Å². The Labute approximate surface area is 170 Å². The molecule has 0 radical (unpaired) electrons. The first-order valence-corrected chi connectivity index (χ1v) is 9.93. The molecule has 1 fully saturated rings. The first-order valence-electron chi connectivity index (χ1n) is 9.93. The van der Waals surface area contributed by atoms with Crippen molar-refractivity contribution in [2.24, 2.45) is 0 Å². The Kier molecular flexibility index (Phi) is 5.46. The predicted molar refractivity (Wildman–Crippen MR) is 113 cm³/mol. The number of amides is 2. The Morgan fingerprint density at radius 2 is 1.66 bits per heavy atom. The van der Waals surface area contributed by atoms with Crippen molar-refractivity contribution in [2.75, 3.05) is 37.6 Å². The van der Waals surface area contributed by atoms with Gasteiger partial charge in [-0.05, 0) is 50.2 Å². The molecule has 2 heterocycles. The van der Waals surface area contributed by atoms with Crippen molar-refractivity contribution in [1.29, 1.82) is 0 Å². The first kappa shape index (κ1) is 19.0. The number of carbonyl (C=O) groups is 1. The fraction of sp³-hybridized carbons (Fsp3) is 0.318. The number of piperazine rings is 1. The first-order chi connectivity index (χ1) is 14.1. The maximum Gasteiger partial charge on any atom is 0.317 e. The molecule has 1 saturated heterocycles. The molecule has 2 aromatic carbocycles. The lowest BCUT2D eigenvalue weighted by Crippen LogP contribution is -2.51. The molecular formula is C22H25N5O2. The minimum Gasteiger partial charge on any atom is -0.368 e. The van der Waals surface area contributed by atoms with Gasteiger partial charge in [0.15, 0.2) is 0 Å². The lowest BCUT2D eigenvalue weighted by molar-refractivity contribution is 0.195. The van der Waals surface area contributed by atoms with Gasteiger partial charge in [-0.25, -0.2) is 4.79 Å². The van der Waals surface area contributed by atoms with Crippen LogP contribution in [0.2, 0.25) is 0 Å². The summed E-state index contributed by atoms with van der Waals surface area (Å²) in [5, 5.41) is 6.98. The third kappa shape index (κ3) is 4.23. The number of nitrogens with zero attached hydrogens (tertiary/aromatic N) is 4. The SMILES string of the molecule is CCNC(=O)N1CCN(c2ccc(-c3noc(-c4ccc(C)cc4)n3)cc2)CC1. The minimum atomic E-state index is 0.0176. The lowest BCUT2D eigenvalue weighted by Gasteiger charge is -2.36. The number of carbonyl (C=O) groups excluding carboxylic acids is 1. The number of hydrogen-bond donors (Lipinski definition) is 1. The zero-order valence-corrected chi connectivity index (χ0v) is 16.8. The fourth-order valence-electron chi connectivity index (χ4n) is 3.41. The summed E-state index contributed by atoms with van der Waals surface area (Å²) < 4.78 is 5.43. The van der Waals surface area contributed by atoms with Gasteiger partial charge in [-0.1, -0.05) is 22.9 Å². The number of hydrogen-bond acceptors (Lipinski definition) is 5. The lowest BCUT2D eigenvalue weighted by atomic mass is 10.1. The molecule has 3 aromatic rings. The van der Waals surface area contributed by atoms with Crippen molar-refractivity contribution < 1.29 is 9.32 Å². The van der Waals surface area contributed by atoms with E-state index < -0.39 is 0 Å². The van der Waals surface area contributed by atoms with Crippen molar-refractivity contribution in [3.8, 4) is 22.8 Å². The van der Waals surface area contributed by atoms with Gasteiger partial charge in [0.05, 0.1) is 0 Å². The fourth-order valence-corrected chi connectivity index (χ4v) is 3.41. The summed E-state index contributed by atoms with van der Waals surface area (Å²) in [6.45, 7) is 7.71. The normalized spacial score (nSPS) is 14.1. The van der Waals surface area contributed by atoms with Crippen LogP contribution in [0.4, 0.5) is 10.5 Å². The molecule has 0 bridgehead atoms. The van der Waals surface area contributed by atoms with E-state index in [0.717, 1.165) is 43.0 Å². The van der Waals surface area contributed by atoms with Crippen LogP contribution >= 0.6 is 0 Å². The molecule has 0 unspecified atom stereocenters. The summed E-state index contributed by atoms with van der Waals surface area (Å²) in [5.41, 5.74) is 4.15. The van der Waals surface area contributed by atoms with Crippen LogP contribution in [0.15, 0.2) is 53.1 Å². The zero-order valence-electron chi connectivity index (χ0n) is 16.8. The molecule has 0 spiro atoms. The summed E-state index contributed by atoms with van der Waals surface area (Å²) >= 11 is 0. The molecular weight excluding hydrogens is 366 g/mol. The minimum absolute atomic E-state index is 0.0176.